The van der Waals surface area contributed by atoms with Crippen molar-refractivity contribution in [3.63, 3.8) is 0 Å². The minimum atomic E-state index is -0.184. The van der Waals surface area contributed by atoms with Crippen LogP contribution in [0.25, 0.3) is 11.3 Å². The number of hydrogen-bond acceptors (Lipinski definition) is 2. The van der Waals surface area contributed by atoms with Gasteiger partial charge in [0.15, 0.2) is 0 Å². The summed E-state index contributed by atoms with van der Waals surface area (Å²) in [4.78, 5) is 0. The number of rotatable bonds is 6. The first kappa shape index (κ1) is 14.8. The van der Waals surface area contributed by atoms with Gasteiger partial charge < -0.3 is 9.73 Å². The van der Waals surface area contributed by atoms with E-state index >= 15 is 0 Å². The van der Waals surface area contributed by atoms with E-state index in [2.05, 4.69) is 19.2 Å². The number of aryl methyl sites for hydroxylation is 1. The lowest BCUT2D eigenvalue weighted by Crippen LogP contribution is -2.20. The predicted octanol–water partition coefficient (Wildman–Crippen LogP) is 4.84. The second-order valence-electron chi connectivity index (χ2n) is 5.08. The monoisotopic (exact) mass is 275 g/mol. The van der Waals surface area contributed by atoms with Crippen LogP contribution in [0.4, 0.5) is 4.39 Å². The maximum atomic E-state index is 13.3. The van der Waals surface area contributed by atoms with E-state index in [1.165, 1.54) is 6.07 Å². The summed E-state index contributed by atoms with van der Waals surface area (Å²) in [5.74, 6) is 1.55. The van der Waals surface area contributed by atoms with Crippen LogP contribution in [0, 0.1) is 12.7 Å². The summed E-state index contributed by atoms with van der Waals surface area (Å²) in [7, 11) is 0. The Hall–Kier alpha value is -1.61. The van der Waals surface area contributed by atoms with Crippen molar-refractivity contribution in [2.24, 2.45) is 0 Å². The first-order chi connectivity index (χ1) is 9.65. The van der Waals surface area contributed by atoms with E-state index in [1.54, 1.807) is 13.0 Å². The lowest BCUT2D eigenvalue weighted by atomic mass is 10.1. The third-order valence-corrected chi connectivity index (χ3v) is 3.46. The molecule has 1 heterocycles. The van der Waals surface area contributed by atoms with Crippen LogP contribution in [0.3, 0.4) is 0 Å². The van der Waals surface area contributed by atoms with Gasteiger partial charge in [0.05, 0.1) is 6.04 Å². The van der Waals surface area contributed by atoms with Crippen LogP contribution >= 0.6 is 0 Å². The van der Waals surface area contributed by atoms with Crippen LogP contribution < -0.4 is 5.32 Å². The Balaban J connectivity index is 2.20. The largest absolute Gasteiger partial charge is 0.459 e. The highest BCUT2D eigenvalue weighted by molar-refractivity contribution is 5.58. The summed E-state index contributed by atoms with van der Waals surface area (Å²) in [6.07, 6.45) is 2.08. The lowest BCUT2D eigenvalue weighted by molar-refractivity contribution is 0.411. The highest BCUT2D eigenvalue weighted by atomic mass is 19.1. The molecule has 0 saturated carbocycles. The second kappa shape index (κ2) is 6.71. The van der Waals surface area contributed by atoms with E-state index in [4.69, 9.17) is 4.42 Å². The first-order valence-corrected chi connectivity index (χ1v) is 7.25. The first-order valence-electron chi connectivity index (χ1n) is 7.25. The number of hydrogen-bond donors (Lipinski definition) is 1. The van der Waals surface area contributed by atoms with Crippen LogP contribution in [0.15, 0.2) is 34.7 Å². The van der Waals surface area contributed by atoms with Gasteiger partial charge in [0.25, 0.3) is 0 Å². The number of furan rings is 1. The molecule has 0 radical (unpaired) electrons. The molecule has 0 spiro atoms. The van der Waals surface area contributed by atoms with E-state index in [0.717, 1.165) is 36.5 Å². The van der Waals surface area contributed by atoms with Gasteiger partial charge in [0.2, 0.25) is 0 Å². The standard InChI is InChI=1S/C17H22FNO/c1-4-10-19-15(5-2)17-9-8-16(20-17)13-6-7-14(18)12(3)11-13/h6-9,11,15,19H,4-5,10H2,1-3H3. The van der Waals surface area contributed by atoms with E-state index in [9.17, 15) is 4.39 Å². The normalized spacial score (nSPS) is 12.6. The van der Waals surface area contributed by atoms with Crippen molar-refractivity contribution in [1.82, 2.24) is 5.32 Å². The molecule has 0 aliphatic heterocycles. The summed E-state index contributed by atoms with van der Waals surface area (Å²) in [6, 6.07) is 9.26. The molecule has 1 aromatic heterocycles. The summed E-state index contributed by atoms with van der Waals surface area (Å²) < 4.78 is 19.2. The Morgan fingerprint density at radius 2 is 2.00 bits per heavy atom. The zero-order chi connectivity index (χ0) is 14.5. The van der Waals surface area contributed by atoms with Crippen LogP contribution in [0.2, 0.25) is 0 Å². The van der Waals surface area contributed by atoms with Crippen LogP contribution in [-0.4, -0.2) is 6.54 Å². The zero-order valence-corrected chi connectivity index (χ0v) is 12.4. The molecule has 1 aromatic carbocycles. The molecule has 1 atom stereocenters. The topological polar surface area (TPSA) is 25.2 Å². The number of benzene rings is 1. The lowest BCUT2D eigenvalue weighted by Gasteiger charge is -2.13. The highest BCUT2D eigenvalue weighted by Crippen LogP contribution is 2.27. The van der Waals surface area contributed by atoms with Gasteiger partial charge in [-0.25, -0.2) is 4.39 Å². The van der Waals surface area contributed by atoms with Crippen molar-refractivity contribution in [1.29, 1.82) is 0 Å². The van der Waals surface area contributed by atoms with Gasteiger partial charge in [0.1, 0.15) is 17.3 Å². The number of nitrogens with one attached hydrogen (secondary N) is 1. The fourth-order valence-electron chi connectivity index (χ4n) is 2.26. The Morgan fingerprint density at radius 1 is 1.20 bits per heavy atom. The fraction of sp³-hybridized carbons (Fsp3) is 0.412. The Bertz CT molecular complexity index is 562. The quantitative estimate of drug-likeness (QED) is 0.815. The molecule has 108 valence electrons. The Kier molecular flexibility index (Phi) is 4.96. The zero-order valence-electron chi connectivity index (χ0n) is 12.4. The SMILES string of the molecule is CCCNC(CC)c1ccc(-c2ccc(F)c(C)c2)o1. The minimum Gasteiger partial charge on any atom is -0.459 e. The summed E-state index contributed by atoms with van der Waals surface area (Å²) >= 11 is 0. The average molecular weight is 275 g/mol. The maximum absolute atomic E-state index is 13.3. The van der Waals surface area contributed by atoms with Crippen molar-refractivity contribution in [2.75, 3.05) is 6.54 Å². The van der Waals surface area contributed by atoms with Crippen LogP contribution in [0.1, 0.15) is 44.1 Å². The van der Waals surface area contributed by atoms with Gasteiger partial charge in [-0.1, -0.05) is 13.8 Å². The molecule has 0 saturated heterocycles. The van der Waals surface area contributed by atoms with E-state index in [0.29, 0.717) is 5.56 Å². The summed E-state index contributed by atoms with van der Waals surface area (Å²) in [6.45, 7) is 7.02. The molecule has 2 nitrogen and oxygen atoms in total. The Labute approximate surface area is 120 Å². The van der Waals surface area contributed by atoms with Gasteiger partial charge in [-0.05, 0) is 62.2 Å². The van der Waals surface area contributed by atoms with Gasteiger partial charge in [-0.2, -0.15) is 0 Å². The molecule has 0 aliphatic rings. The molecule has 0 bridgehead atoms. The predicted molar refractivity (Wildman–Crippen MR) is 80.2 cm³/mol. The third kappa shape index (κ3) is 3.28. The van der Waals surface area contributed by atoms with E-state index in [1.807, 2.05) is 18.2 Å². The van der Waals surface area contributed by atoms with E-state index < -0.39 is 0 Å². The van der Waals surface area contributed by atoms with E-state index in [-0.39, 0.29) is 11.9 Å². The second-order valence-corrected chi connectivity index (χ2v) is 5.08. The Morgan fingerprint density at radius 3 is 2.65 bits per heavy atom. The third-order valence-electron chi connectivity index (χ3n) is 3.46. The van der Waals surface area contributed by atoms with Gasteiger partial charge in [0, 0.05) is 5.56 Å². The highest BCUT2D eigenvalue weighted by Gasteiger charge is 2.14. The van der Waals surface area contributed by atoms with Gasteiger partial charge >= 0.3 is 0 Å². The molecule has 2 aromatic rings. The van der Waals surface area contributed by atoms with Crippen LogP contribution in [-0.2, 0) is 0 Å². The van der Waals surface area contributed by atoms with Crippen molar-refractivity contribution in [3.05, 3.63) is 47.5 Å². The fourth-order valence-corrected chi connectivity index (χ4v) is 2.26. The molecule has 3 heteroatoms. The molecule has 0 fully saturated rings. The minimum absolute atomic E-state index is 0.184. The van der Waals surface area contributed by atoms with Crippen molar-refractivity contribution in [3.8, 4) is 11.3 Å². The molecule has 20 heavy (non-hydrogen) atoms. The van der Waals surface area contributed by atoms with Crippen LogP contribution in [0.5, 0.6) is 0 Å². The van der Waals surface area contributed by atoms with Crippen molar-refractivity contribution < 1.29 is 8.81 Å². The molecule has 2 rings (SSSR count). The van der Waals surface area contributed by atoms with Crippen molar-refractivity contribution in [2.45, 2.75) is 39.7 Å². The summed E-state index contributed by atoms with van der Waals surface area (Å²) in [5.41, 5.74) is 1.55. The molecule has 1 N–H and O–H groups in total. The van der Waals surface area contributed by atoms with Gasteiger partial charge in [-0.15, -0.1) is 0 Å². The average Bonchev–Trinajstić information content (AvgIpc) is 2.92. The maximum Gasteiger partial charge on any atom is 0.134 e. The smallest absolute Gasteiger partial charge is 0.134 e. The molecular formula is C17H22FNO. The molecule has 0 aliphatic carbocycles. The number of halogens is 1. The van der Waals surface area contributed by atoms with Crippen molar-refractivity contribution >= 4 is 0 Å². The summed E-state index contributed by atoms with van der Waals surface area (Å²) in [5, 5.41) is 3.47. The molecule has 0 amide bonds. The molecule has 1 unspecified atom stereocenters. The van der Waals surface area contributed by atoms with Gasteiger partial charge in [-0.3, -0.25) is 0 Å². The molecular weight excluding hydrogens is 253 g/mol.